The standard InChI is InChI=1S/C18H28N2O2/c1-14-8-9-16(15(12-14)18(2,3)4)22-13-19-17(21)20-10-6-5-7-11-20/h8-9,12H,5-7,10-11,13H2,1-4H3,(H,19,21). The lowest BCUT2D eigenvalue weighted by molar-refractivity contribution is 0.174. The SMILES string of the molecule is Cc1ccc(OCNC(=O)N2CCCCC2)c(C(C)(C)C)c1. The Hall–Kier alpha value is -1.71. The third-order valence-corrected chi connectivity index (χ3v) is 4.04. The summed E-state index contributed by atoms with van der Waals surface area (Å²) in [5.41, 5.74) is 2.40. The first-order chi connectivity index (χ1) is 10.4. The minimum Gasteiger partial charge on any atom is -0.473 e. The van der Waals surface area contributed by atoms with Crippen LogP contribution in [0.5, 0.6) is 5.75 Å². The van der Waals surface area contributed by atoms with Crippen LogP contribution in [0.25, 0.3) is 0 Å². The van der Waals surface area contributed by atoms with Gasteiger partial charge in [-0.2, -0.15) is 0 Å². The quantitative estimate of drug-likeness (QED) is 0.862. The van der Waals surface area contributed by atoms with Crippen LogP contribution in [0.3, 0.4) is 0 Å². The van der Waals surface area contributed by atoms with Crippen LogP contribution in [0, 0.1) is 6.92 Å². The Morgan fingerprint density at radius 3 is 2.55 bits per heavy atom. The highest BCUT2D eigenvalue weighted by atomic mass is 16.5. The van der Waals surface area contributed by atoms with Crippen LogP contribution in [0.15, 0.2) is 18.2 Å². The summed E-state index contributed by atoms with van der Waals surface area (Å²) in [6, 6.07) is 6.16. The molecule has 0 aliphatic carbocycles. The predicted molar refractivity (Wildman–Crippen MR) is 89.3 cm³/mol. The minimum atomic E-state index is -0.0240. The highest BCUT2D eigenvalue weighted by Crippen LogP contribution is 2.31. The zero-order valence-electron chi connectivity index (χ0n) is 14.2. The Morgan fingerprint density at radius 2 is 1.91 bits per heavy atom. The van der Waals surface area contributed by atoms with E-state index in [1.807, 2.05) is 17.0 Å². The summed E-state index contributed by atoms with van der Waals surface area (Å²) in [5, 5.41) is 2.86. The maximum atomic E-state index is 12.1. The van der Waals surface area contributed by atoms with Gasteiger partial charge in [0.1, 0.15) is 5.75 Å². The number of amides is 2. The number of hydrogen-bond acceptors (Lipinski definition) is 2. The van der Waals surface area contributed by atoms with Crippen molar-refractivity contribution in [3.8, 4) is 5.75 Å². The van der Waals surface area contributed by atoms with E-state index in [2.05, 4.69) is 39.1 Å². The molecule has 2 rings (SSSR count). The number of hydrogen-bond donors (Lipinski definition) is 1. The number of benzene rings is 1. The van der Waals surface area contributed by atoms with Crippen molar-refractivity contribution in [1.29, 1.82) is 0 Å². The number of carbonyl (C=O) groups is 1. The molecule has 1 N–H and O–H groups in total. The molecule has 1 aromatic carbocycles. The van der Waals surface area contributed by atoms with Crippen LogP contribution < -0.4 is 10.1 Å². The number of ether oxygens (including phenoxy) is 1. The topological polar surface area (TPSA) is 41.6 Å². The Morgan fingerprint density at radius 1 is 1.23 bits per heavy atom. The molecule has 0 bridgehead atoms. The van der Waals surface area contributed by atoms with Gasteiger partial charge in [0.2, 0.25) is 0 Å². The second-order valence-electron chi connectivity index (χ2n) is 7.07. The van der Waals surface area contributed by atoms with Gasteiger partial charge in [-0.1, -0.05) is 38.5 Å². The fourth-order valence-corrected chi connectivity index (χ4v) is 2.74. The highest BCUT2D eigenvalue weighted by molar-refractivity contribution is 5.74. The summed E-state index contributed by atoms with van der Waals surface area (Å²) in [6.07, 6.45) is 3.42. The van der Waals surface area contributed by atoms with Crippen molar-refractivity contribution >= 4 is 6.03 Å². The van der Waals surface area contributed by atoms with Gasteiger partial charge in [-0.15, -0.1) is 0 Å². The molecule has 122 valence electrons. The zero-order valence-corrected chi connectivity index (χ0v) is 14.2. The molecule has 4 heteroatoms. The number of rotatable bonds is 3. The van der Waals surface area contributed by atoms with Crippen LogP contribution in [0.2, 0.25) is 0 Å². The molecule has 0 unspecified atom stereocenters. The molecule has 1 heterocycles. The number of aryl methyl sites for hydroxylation is 1. The lowest BCUT2D eigenvalue weighted by Crippen LogP contribution is -2.44. The van der Waals surface area contributed by atoms with Crippen LogP contribution >= 0.6 is 0 Å². The van der Waals surface area contributed by atoms with Crippen LogP contribution in [0.1, 0.15) is 51.2 Å². The summed E-state index contributed by atoms with van der Waals surface area (Å²) >= 11 is 0. The van der Waals surface area contributed by atoms with E-state index in [1.165, 1.54) is 17.5 Å². The molecule has 2 amide bonds. The van der Waals surface area contributed by atoms with Gasteiger partial charge >= 0.3 is 6.03 Å². The van der Waals surface area contributed by atoms with Crippen molar-refractivity contribution in [1.82, 2.24) is 10.2 Å². The average Bonchev–Trinajstić information content (AvgIpc) is 2.48. The molecule has 4 nitrogen and oxygen atoms in total. The van der Waals surface area contributed by atoms with E-state index < -0.39 is 0 Å². The second-order valence-corrected chi connectivity index (χ2v) is 7.07. The fourth-order valence-electron chi connectivity index (χ4n) is 2.74. The number of urea groups is 1. The third kappa shape index (κ3) is 4.39. The summed E-state index contributed by atoms with van der Waals surface area (Å²) in [5.74, 6) is 0.844. The summed E-state index contributed by atoms with van der Waals surface area (Å²) < 4.78 is 5.82. The van der Waals surface area contributed by atoms with E-state index >= 15 is 0 Å². The van der Waals surface area contributed by atoms with Gasteiger partial charge in [0.05, 0.1) is 0 Å². The van der Waals surface area contributed by atoms with Crippen molar-refractivity contribution in [2.24, 2.45) is 0 Å². The normalized spacial score (nSPS) is 15.5. The molecule has 0 atom stereocenters. The van der Waals surface area contributed by atoms with Crippen LogP contribution in [-0.4, -0.2) is 30.8 Å². The Balaban J connectivity index is 1.93. The van der Waals surface area contributed by atoms with Gasteiger partial charge < -0.3 is 15.0 Å². The van der Waals surface area contributed by atoms with Gasteiger partial charge in [-0.3, -0.25) is 0 Å². The molecular weight excluding hydrogens is 276 g/mol. The second kappa shape index (κ2) is 7.03. The van der Waals surface area contributed by atoms with Crippen molar-refractivity contribution in [3.05, 3.63) is 29.3 Å². The van der Waals surface area contributed by atoms with E-state index in [1.54, 1.807) is 0 Å². The van der Waals surface area contributed by atoms with Crippen LogP contribution in [-0.2, 0) is 5.41 Å². The van der Waals surface area contributed by atoms with E-state index in [0.717, 1.165) is 31.7 Å². The molecular formula is C18H28N2O2. The summed E-state index contributed by atoms with van der Waals surface area (Å²) in [7, 11) is 0. The first-order valence-corrected chi connectivity index (χ1v) is 8.14. The van der Waals surface area contributed by atoms with E-state index in [9.17, 15) is 4.79 Å². The number of likely N-dealkylation sites (tertiary alicyclic amines) is 1. The number of nitrogens with one attached hydrogen (secondary N) is 1. The van der Waals surface area contributed by atoms with Gasteiger partial charge in [0, 0.05) is 13.1 Å². The maximum Gasteiger partial charge on any atom is 0.320 e. The lowest BCUT2D eigenvalue weighted by Gasteiger charge is -2.27. The average molecular weight is 304 g/mol. The Kier molecular flexibility index (Phi) is 5.33. The van der Waals surface area contributed by atoms with Gasteiger partial charge in [-0.05, 0) is 43.2 Å². The third-order valence-electron chi connectivity index (χ3n) is 4.04. The smallest absolute Gasteiger partial charge is 0.320 e. The minimum absolute atomic E-state index is 0.0121. The van der Waals surface area contributed by atoms with Gasteiger partial charge in [-0.25, -0.2) is 4.79 Å². The van der Waals surface area contributed by atoms with E-state index in [0.29, 0.717) is 0 Å². The van der Waals surface area contributed by atoms with Gasteiger partial charge in [0.15, 0.2) is 6.73 Å². The molecule has 0 saturated carbocycles. The molecule has 1 aromatic rings. The molecule has 0 radical (unpaired) electrons. The molecule has 0 aromatic heterocycles. The molecule has 0 spiro atoms. The van der Waals surface area contributed by atoms with Gasteiger partial charge in [0.25, 0.3) is 0 Å². The van der Waals surface area contributed by atoms with Crippen molar-refractivity contribution in [2.45, 2.75) is 52.4 Å². The maximum absolute atomic E-state index is 12.1. The summed E-state index contributed by atoms with van der Waals surface area (Å²) in [4.78, 5) is 13.9. The Labute approximate surface area is 133 Å². The van der Waals surface area contributed by atoms with Crippen LogP contribution in [0.4, 0.5) is 4.79 Å². The van der Waals surface area contributed by atoms with E-state index in [4.69, 9.17) is 4.74 Å². The first kappa shape index (κ1) is 16.7. The van der Waals surface area contributed by atoms with Crippen molar-refractivity contribution in [2.75, 3.05) is 19.8 Å². The number of piperidine rings is 1. The first-order valence-electron chi connectivity index (χ1n) is 8.14. The largest absolute Gasteiger partial charge is 0.473 e. The lowest BCUT2D eigenvalue weighted by atomic mass is 9.85. The van der Waals surface area contributed by atoms with E-state index in [-0.39, 0.29) is 18.2 Å². The number of carbonyl (C=O) groups excluding carboxylic acids is 1. The van der Waals surface area contributed by atoms with Crippen molar-refractivity contribution < 1.29 is 9.53 Å². The molecule has 1 aliphatic rings. The summed E-state index contributed by atoms with van der Waals surface area (Å²) in [6.45, 7) is 10.5. The molecule has 1 fully saturated rings. The fraction of sp³-hybridized carbons (Fsp3) is 0.611. The zero-order chi connectivity index (χ0) is 16.2. The Bertz CT molecular complexity index is 514. The molecule has 1 saturated heterocycles. The highest BCUT2D eigenvalue weighted by Gasteiger charge is 2.20. The van der Waals surface area contributed by atoms with Crippen molar-refractivity contribution in [3.63, 3.8) is 0 Å². The molecule has 22 heavy (non-hydrogen) atoms. The number of nitrogens with zero attached hydrogens (tertiary/aromatic N) is 1. The molecule has 1 aliphatic heterocycles. The predicted octanol–water partition coefficient (Wildman–Crippen LogP) is 3.82. The monoisotopic (exact) mass is 304 g/mol.